The third-order valence-corrected chi connectivity index (χ3v) is 7.85. The monoisotopic (exact) mass is 571 g/mol. The van der Waals surface area contributed by atoms with Crippen molar-refractivity contribution >= 4 is 26.8 Å². The molecule has 2 heterocycles. The first-order valence-electron chi connectivity index (χ1n) is 12.9. The molecule has 0 saturated heterocycles. The third-order valence-electron chi connectivity index (χ3n) is 7.35. The largest absolute Gasteiger partial charge is 0.481 e. The fourth-order valence-corrected chi connectivity index (χ4v) is 5.46. The summed E-state index contributed by atoms with van der Waals surface area (Å²) in [4.78, 5) is 11.3. The molecule has 200 valence electrons. The van der Waals surface area contributed by atoms with Gasteiger partial charge in [0.05, 0.1) is 32.4 Å². The quantitative estimate of drug-likeness (QED) is 0.273. The molecule has 1 aromatic carbocycles. The van der Waals surface area contributed by atoms with Crippen LogP contribution >= 0.6 is 15.9 Å². The Hall–Kier alpha value is -2.42. The lowest BCUT2D eigenvalue weighted by atomic mass is 9.72. The number of ether oxygens (including phenoxy) is 3. The second kappa shape index (κ2) is 12.0. The van der Waals surface area contributed by atoms with Gasteiger partial charge in [-0.3, -0.25) is 0 Å². The molecule has 2 unspecified atom stereocenters. The molecule has 1 fully saturated rings. The summed E-state index contributed by atoms with van der Waals surface area (Å²) < 4.78 is 17.8. The van der Waals surface area contributed by atoms with Crippen LogP contribution in [0.4, 0.5) is 0 Å². The summed E-state index contributed by atoms with van der Waals surface area (Å²) in [5.74, 6) is 1.89. The van der Waals surface area contributed by atoms with Crippen LogP contribution in [-0.4, -0.2) is 61.9 Å². The SMILES string of the molecule is COc1cc(C(O)(CCN(C)C)C(CCCC2CC2)c2cc3cc(Br)ccc3nc2OC)cc(OC)n1. The van der Waals surface area contributed by atoms with E-state index in [2.05, 4.69) is 37.9 Å². The highest BCUT2D eigenvalue weighted by Crippen LogP contribution is 2.48. The summed E-state index contributed by atoms with van der Waals surface area (Å²) in [6.07, 6.45) is 6.10. The van der Waals surface area contributed by atoms with E-state index in [4.69, 9.17) is 19.2 Å². The van der Waals surface area contributed by atoms with Crippen LogP contribution in [0.2, 0.25) is 0 Å². The van der Waals surface area contributed by atoms with Gasteiger partial charge in [0.15, 0.2) is 0 Å². The van der Waals surface area contributed by atoms with E-state index in [1.165, 1.54) is 12.8 Å². The summed E-state index contributed by atoms with van der Waals surface area (Å²) in [6, 6.07) is 11.8. The maximum absolute atomic E-state index is 12.8. The molecule has 1 aliphatic rings. The van der Waals surface area contributed by atoms with Gasteiger partial charge in [-0.15, -0.1) is 0 Å². The third kappa shape index (κ3) is 6.54. The van der Waals surface area contributed by atoms with E-state index in [0.717, 1.165) is 46.1 Å². The molecule has 8 heteroatoms. The second-order valence-corrected chi connectivity index (χ2v) is 11.2. The summed E-state index contributed by atoms with van der Waals surface area (Å²) in [6.45, 7) is 0.692. The van der Waals surface area contributed by atoms with Crippen LogP contribution < -0.4 is 14.2 Å². The van der Waals surface area contributed by atoms with Crippen molar-refractivity contribution in [3.8, 4) is 17.6 Å². The van der Waals surface area contributed by atoms with Gasteiger partial charge in [0.1, 0.15) is 0 Å². The minimum absolute atomic E-state index is 0.270. The van der Waals surface area contributed by atoms with Gasteiger partial charge in [-0.2, -0.15) is 4.98 Å². The van der Waals surface area contributed by atoms with Crippen LogP contribution in [-0.2, 0) is 5.60 Å². The number of pyridine rings is 2. The minimum atomic E-state index is -1.24. The molecule has 4 rings (SSSR count). The van der Waals surface area contributed by atoms with Crippen molar-refractivity contribution in [2.75, 3.05) is 42.0 Å². The molecule has 2 aromatic heterocycles. The van der Waals surface area contributed by atoms with Crippen molar-refractivity contribution < 1.29 is 19.3 Å². The smallest absolute Gasteiger partial charge is 0.217 e. The lowest BCUT2D eigenvalue weighted by Gasteiger charge is -2.39. The average molecular weight is 573 g/mol. The van der Waals surface area contributed by atoms with Crippen LogP contribution in [0.1, 0.15) is 55.6 Å². The highest BCUT2D eigenvalue weighted by atomic mass is 79.9. The van der Waals surface area contributed by atoms with Gasteiger partial charge in [-0.25, -0.2) is 4.98 Å². The normalized spacial score (nSPS) is 16.0. The summed E-state index contributed by atoms with van der Waals surface area (Å²) in [5, 5.41) is 13.8. The predicted octanol–water partition coefficient (Wildman–Crippen LogP) is 5.92. The number of aromatic nitrogens is 2. The Bertz CT molecular complexity index is 1190. The van der Waals surface area contributed by atoms with E-state index in [0.29, 0.717) is 36.2 Å². The van der Waals surface area contributed by atoms with Gasteiger partial charge < -0.3 is 24.2 Å². The van der Waals surface area contributed by atoms with Crippen molar-refractivity contribution in [3.05, 3.63) is 52.0 Å². The summed E-state index contributed by atoms with van der Waals surface area (Å²) in [7, 11) is 8.84. The molecular weight excluding hydrogens is 534 g/mol. The van der Waals surface area contributed by atoms with Crippen LogP contribution in [0, 0.1) is 5.92 Å². The molecule has 0 spiro atoms. The topological polar surface area (TPSA) is 76.9 Å². The minimum Gasteiger partial charge on any atom is -0.481 e. The molecular formula is C29H38BrN3O4. The summed E-state index contributed by atoms with van der Waals surface area (Å²) in [5.41, 5.74) is 1.22. The van der Waals surface area contributed by atoms with E-state index in [1.807, 2.05) is 38.4 Å². The molecule has 0 bridgehead atoms. The number of rotatable bonds is 13. The number of fused-ring (bicyclic) bond motifs is 1. The second-order valence-electron chi connectivity index (χ2n) is 10.3. The maximum atomic E-state index is 12.8. The summed E-state index contributed by atoms with van der Waals surface area (Å²) >= 11 is 3.59. The van der Waals surface area contributed by atoms with Crippen LogP contribution in [0.5, 0.6) is 17.6 Å². The van der Waals surface area contributed by atoms with Crippen LogP contribution in [0.3, 0.4) is 0 Å². The highest BCUT2D eigenvalue weighted by Gasteiger charge is 2.42. The van der Waals surface area contributed by atoms with Gasteiger partial charge >= 0.3 is 0 Å². The van der Waals surface area contributed by atoms with E-state index in [-0.39, 0.29) is 5.92 Å². The number of benzene rings is 1. The van der Waals surface area contributed by atoms with Gasteiger partial charge in [0, 0.05) is 40.0 Å². The van der Waals surface area contributed by atoms with Crippen LogP contribution in [0.15, 0.2) is 40.9 Å². The van der Waals surface area contributed by atoms with Gasteiger partial charge in [0.25, 0.3) is 0 Å². The first-order chi connectivity index (χ1) is 17.8. The Kier molecular flexibility index (Phi) is 8.93. The van der Waals surface area contributed by atoms with Crippen molar-refractivity contribution in [2.45, 2.75) is 50.0 Å². The lowest BCUT2D eigenvalue weighted by molar-refractivity contribution is -0.0118. The standard InChI is InChI=1S/C29H38BrN3O4/c1-33(2)14-13-29(34,21-17-26(35-3)32-27(18-21)36-4)24(8-6-7-19-9-10-19)23-16-20-15-22(30)11-12-25(20)31-28(23)37-5/h11-12,15-19,24,34H,6-10,13-14H2,1-5H3. The molecule has 7 nitrogen and oxygen atoms in total. The number of methoxy groups -OCH3 is 3. The Morgan fingerprint density at radius 3 is 2.32 bits per heavy atom. The Morgan fingerprint density at radius 1 is 1.03 bits per heavy atom. The molecule has 0 radical (unpaired) electrons. The molecule has 1 saturated carbocycles. The Balaban J connectivity index is 1.89. The van der Waals surface area contributed by atoms with Gasteiger partial charge in [-0.1, -0.05) is 41.6 Å². The Labute approximate surface area is 228 Å². The maximum Gasteiger partial charge on any atom is 0.217 e. The zero-order valence-electron chi connectivity index (χ0n) is 22.5. The molecule has 1 aliphatic carbocycles. The first kappa shape index (κ1) is 27.6. The zero-order chi connectivity index (χ0) is 26.6. The van der Waals surface area contributed by atoms with Gasteiger partial charge in [-0.05, 0) is 62.7 Å². The fraction of sp³-hybridized carbons (Fsp3) is 0.517. The zero-order valence-corrected chi connectivity index (χ0v) is 24.0. The highest BCUT2D eigenvalue weighted by molar-refractivity contribution is 9.10. The van der Waals surface area contributed by atoms with E-state index < -0.39 is 5.60 Å². The van der Waals surface area contributed by atoms with Crippen molar-refractivity contribution in [1.29, 1.82) is 0 Å². The van der Waals surface area contributed by atoms with E-state index >= 15 is 0 Å². The number of halogens is 1. The van der Waals surface area contributed by atoms with Gasteiger partial charge in [0.2, 0.25) is 17.6 Å². The molecule has 2 atom stereocenters. The van der Waals surface area contributed by atoms with E-state index in [9.17, 15) is 5.11 Å². The number of nitrogens with zero attached hydrogens (tertiary/aromatic N) is 3. The molecule has 37 heavy (non-hydrogen) atoms. The molecule has 0 aliphatic heterocycles. The van der Waals surface area contributed by atoms with Crippen LogP contribution in [0.25, 0.3) is 10.9 Å². The average Bonchev–Trinajstić information content (AvgIpc) is 3.73. The number of hydrogen-bond acceptors (Lipinski definition) is 7. The van der Waals surface area contributed by atoms with Crippen molar-refractivity contribution in [3.63, 3.8) is 0 Å². The predicted molar refractivity (Wildman–Crippen MR) is 150 cm³/mol. The Morgan fingerprint density at radius 2 is 1.73 bits per heavy atom. The molecule has 3 aromatic rings. The van der Waals surface area contributed by atoms with Crippen molar-refractivity contribution in [2.24, 2.45) is 5.92 Å². The molecule has 0 amide bonds. The van der Waals surface area contributed by atoms with Crippen molar-refractivity contribution in [1.82, 2.24) is 14.9 Å². The first-order valence-corrected chi connectivity index (χ1v) is 13.7. The lowest BCUT2D eigenvalue weighted by Crippen LogP contribution is -2.37. The van der Waals surface area contributed by atoms with E-state index in [1.54, 1.807) is 21.3 Å². The fourth-order valence-electron chi connectivity index (χ4n) is 5.08. The molecule has 1 N–H and O–H groups in total. The number of aliphatic hydroxyl groups is 1. The number of hydrogen-bond donors (Lipinski definition) is 1.